The molecule has 0 aromatic rings. The molecule has 2 heteroatoms. The standard InChI is InChI=1S/C10H23N.Li.H/c1-3-5-7-8-10-11-9-6-4-2;;/h11H,3-10H2,1-2H3;;/q;+1;-1. The smallest absolute Gasteiger partial charge is 1.00 e. The molecule has 12 heavy (non-hydrogen) atoms. The monoisotopic (exact) mass is 165 g/mol. The van der Waals surface area contributed by atoms with Crippen LogP contribution in [0.4, 0.5) is 0 Å². The van der Waals surface area contributed by atoms with Gasteiger partial charge in [0.25, 0.3) is 0 Å². The van der Waals surface area contributed by atoms with Gasteiger partial charge < -0.3 is 6.74 Å². The van der Waals surface area contributed by atoms with Crippen LogP contribution in [0.5, 0.6) is 0 Å². The van der Waals surface area contributed by atoms with Crippen LogP contribution in [0.3, 0.4) is 0 Å². The van der Waals surface area contributed by atoms with Crippen molar-refractivity contribution in [1.29, 1.82) is 0 Å². The molecule has 0 saturated heterocycles. The summed E-state index contributed by atoms with van der Waals surface area (Å²) in [6, 6.07) is 0. The molecule has 0 fully saturated rings. The van der Waals surface area contributed by atoms with Gasteiger partial charge in [0, 0.05) is 0 Å². The fraction of sp³-hybridized carbons (Fsp3) is 1.00. The molecule has 0 aliphatic carbocycles. The number of unbranched alkanes of at least 4 members (excludes halogenated alkanes) is 4. The number of rotatable bonds is 8. The third-order valence-corrected chi connectivity index (χ3v) is 1.91. The maximum atomic E-state index is 3.45. The Balaban J connectivity index is -0.000000500. The molecular formula is C10H24LiN. The zero-order valence-corrected chi connectivity index (χ0v) is 9.16. The molecule has 70 valence electrons. The van der Waals surface area contributed by atoms with E-state index in [1.165, 1.54) is 51.6 Å². The van der Waals surface area contributed by atoms with Crippen LogP contribution in [0.1, 0.15) is 53.8 Å². The Labute approximate surface area is 91.4 Å². The molecule has 0 aromatic carbocycles. The fourth-order valence-corrected chi connectivity index (χ4v) is 1.10. The maximum absolute atomic E-state index is 3.45. The molecule has 0 saturated carbocycles. The van der Waals surface area contributed by atoms with Gasteiger partial charge in [-0.1, -0.05) is 39.5 Å². The van der Waals surface area contributed by atoms with Crippen molar-refractivity contribution in [1.82, 2.24) is 5.32 Å². The molecule has 1 N–H and O–H groups in total. The molecule has 0 bridgehead atoms. The summed E-state index contributed by atoms with van der Waals surface area (Å²) in [5.41, 5.74) is 0. The van der Waals surface area contributed by atoms with Crippen LogP contribution >= 0.6 is 0 Å². The van der Waals surface area contributed by atoms with Gasteiger partial charge in [-0.15, -0.1) is 0 Å². The predicted octanol–water partition coefficient (Wildman–Crippen LogP) is 0.0729. The molecule has 0 aliphatic heterocycles. The summed E-state index contributed by atoms with van der Waals surface area (Å²) in [6.45, 7) is 6.92. The zero-order valence-electron chi connectivity index (χ0n) is 10.2. The van der Waals surface area contributed by atoms with E-state index in [2.05, 4.69) is 19.2 Å². The van der Waals surface area contributed by atoms with Crippen molar-refractivity contribution in [3.8, 4) is 0 Å². The number of hydrogen-bond acceptors (Lipinski definition) is 1. The van der Waals surface area contributed by atoms with Crippen LogP contribution in [0.25, 0.3) is 0 Å². The first kappa shape index (κ1) is 15.0. The Bertz CT molecular complexity index is 63.9. The Kier molecular flexibility index (Phi) is 17.7. The molecule has 1 nitrogen and oxygen atoms in total. The Hall–Kier alpha value is 0.557. The molecule has 0 rings (SSSR count). The average Bonchev–Trinajstić information content (AvgIpc) is 2.03. The third-order valence-electron chi connectivity index (χ3n) is 1.91. The minimum atomic E-state index is 0. The van der Waals surface area contributed by atoms with Gasteiger partial charge in [0.15, 0.2) is 0 Å². The van der Waals surface area contributed by atoms with E-state index >= 15 is 0 Å². The normalized spacial score (nSPS) is 9.50. The number of nitrogens with one attached hydrogen (secondary N) is 1. The quantitative estimate of drug-likeness (QED) is 0.396. The molecule has 0 unspecified atom stereocenters. The van der Waals surface area contributed by atoms with Crippen molar-refractivity contribution in [2.24, 2.45) is 0 Å². The van der Waals surface area contributed by atoms with E-state index in [1.54, 1.807) is 0 Å². The van der Waals surface area contributed by atoms with E-state index in [0.29, 0.717) is 0 Å². The van der Waals surface area contributed by atoms with Crippen LogP contribution in [-0.4, -0.2) is 13.1 Å². The van der Waals surface area contributed by atoms with Crippen molar-refractivity contribution in [3.05, 3.63) is 0 Å². The second-order valence-electron chi connectivity index (χ2n) is 3.16. The van der Waals surface area contributed by atoms with Gasteiger partial charge in [-0.05, 0) is 25.9 Å². The molecule has 0 amide bonds. The van der Waals surface area contributed by atoms with Crippen molar-refractivity contribution >= 4 is 0 Å². The van der Waals surface area contributed by atoms with E-state index in [9.17, 15) is 0 Å². The van der Waals surface area contributed by atoms with Gasteiger partial charge in [0.2, 0.25) is 0 Å². The van der Waals surface area contributed by atoms with Gasteiger partial charge in [-0.3, -0.25) is 0 Å². The summed E-state index contributed by atoms with van der Waals surface area (Å²) in [5, 5.41) is 3.45. The Morgan fingerprint density at radius 3 is 2.00 bits per heavy atom. The van der Waals surface area contributed by atoms with E-state index in [-0.39, 0.29) is 20.3 Å². The van der Waals surface area contributed by atoms with Crippen molar-refractivity contribution < 1.29 is 20.3 Å². The van der Waals surface area contributed by atoms with E-state index < -0.39 is 0 Å². The van der Waals surface area contributed by atoms with E-state index in [0.717, 1.165) is 0 Å². The van der Waals surface area contributed by atoms with Gasteiger partial charge in [0.1, 0.15) is 0 Å². The molecule has 0 heterocycles. The number of hydrogen-bond donors (Lipinski definition) is 1. The van der Waals surface area contributed by atoms with E-state index in [4.69, 9.17) is 0 Å². The van der Waals surface area contributed by atoms with E-state index in [1.807, 2.05) is 0 Å². The van der Waals surface area contributed by atoms with Crippen molar-refractivity contribution in [3.63, 3.8) is 0 Å². The summed E-state index contributed by atoms with van der Waals surface area (Å²) in [7, 11) is 0. The second kappa shape index (κ2) is 14.1. The van der Waals surface area contributed by atoms with Crippen LogP contribution in [0.15, 0.2) is 0 Å². The van der Waals surface area contributed by atoms with Gasteiger partial charge in [-0.25, -0.2) is 0 Å². The first-order valence-electron chi connectivity index (χ1n) is 5.12. The second-order valence-corrected chi connectivity index (χ2v) is 3.16. The Morgan fingerprint density at radius 2 is 1.42 bits per heavy atom. The summed E-state index contributed by atoms with van der Waals surface area (Å²) in [5.74, 6) is 0. The van der Waals surface area contributed by atoms with Crippen LogP contribution in [0, 0.1) is 0 Å². The third kappa shape index (κ3) is 13.2. The molecule has 0 radical (unpaired) electrons. The first-order chi connectivity index (χ1) is 5.41. The van der Waals surface area contributed by atoms with Crippen LogP contribution in [0.2, 0.25) is 0 Å². The largest absolute Gasteiger partial charge is 1.00 e. The summed E-state index contributed by atoms with van der Waals surface area (Å²) < 4.78 is 0. The molecule has 0 aliphatic rings. The fourth-order valence-electron chi connectivity index (χ4n) is 1.10. The summed E-state index contributed by atoms with van der Waals surface area (Å²) >= 11 is 0. The minimum absolute atomic E-state index is 0. The summed E-state index contributed by atoms with van der Waals surface area (Å²) in [4.78, 5) is 0. The zero-order chi connectivity index (χ0) is 8.36. The minimum Gasteiger partial charge on any atom is -1.00 e. The molecular weight excluding hydrogens is 141 g/mol. The van der Waals surface area contributed by atoms with Gasteiger partial charge in [0.05, 0.1) is 0 Å². The molecule has 0 spiro atoms. The molecule has 0 aromatic heterocycles. The SMILES string of the molecule is CCCCCCNCCCC.[H-].[Li+]. The average molecular weight is 165 g/mol. The van der Waals surface area contributed by atoms with Crippen LogP contribution in [-0.2, 0) is 0 Å². The van der Waals surface area contributed by atoms with Crippen molar-refractivity contribution in [2.75, 3.05) is 13.1 Å². The van der Waals surface area contributed by atoms with Gasteiger partial charge in [-0.2, -0.15) is 0 Å². The van der Waals surface area contributed by atoms with Crippen LogP contribution < -0.4 is 24.2 Å². The predicted molar refractivity (Wildman–Crippen MR) is 53.0 cm³/mol. The molecule has 0 atom stereocenters. The summed E-state index contributed by atoms with van der Waals surface area (Å²) in [6.07, 6.45) is 8.13. The first-order valence-corrected chi connectivity index (χ1v) is 5.12. The van der Waals surface area contributed by atoms with Gasteiger partial charge >= 0.3 is 18.9 Å². The topological polar surface area (TPSA) is 12.0 Å². The maximum Gasteiger partial charge on any atom is 1.00 e. The Morgan fingerprint density at radius 1 is 0.833 bits per heavy atom. The van der Waals surface area contributed by atoms with Crippen molar-refractivity contribution in [2.45, 2.75) is 52.4 Å².